The van der Waals surface area contributed by atoms with Crippen molar-refractivity contribution in [2.24, 2.45) is 0 Å². The average Bonchev–Trinajstić information content (AvgIpc) is 3.58. The second-order valence-corrected chi connectivity index (χ2v) is 11.4. The monoisotopic (exact) mass is 537 g/mol. The zero-order chi connectivity index (χ0) is 30.7. The van der Waals surface area contributed by atoms with E-state index in [0.717, 1.165) is 44.6 Å². The fourth-order valence-electron chi connectivity index (χ4n) is 6.07. The van der Waals surface area contributed by atoms with Crippen molar-refractivity contribution < 1.29 is 8.53 Å². The van der Waals surface area contributed by atoms with Gasteiger partial charge in [0.25, 0.3) is 0 Å². The summed E-state index contributed by atoms with van der Waals surface area (Å²) in [5.41, 5.74) is 9.73. The Bertz CT molecular complexity index is 2140. The minimum Gasteiger partial charge on any atom is -0.455 e. The molecule has 7 aromatic rings. The first kappa shape index (κ1) is 22.1. The largest absolute Gasteiger partial charge is 0.455 e. The minimum absolute atomic E-state index is 0.274. The van der Waals surface area contributed by atoms with E-state index in [4.69, 9.17) is 13.5 Å². The Balaban J connectivity index is 1.60. The molecule has 2 heterocycles. The summed E-state index contributed by atoms with van der Waals surface area (Å²) in [6.45, 7) is 6.55. The fourth-order valence-corrected chi connectivity index (χ4v) is 6.07. The maximum Gasteiger partial charge on any atom is 0.149 e. The van der Waals surface area contributed by atoms with Crippen LogP contribution < -0.4 is 0 Å². The van der Waals surface area contributed by atoms with E-state index in [2.05, 4.69) is 68.7 Å². The Hall–Kier alpha value is -4.63. The van der Waals surface area contributed by atoms with Gasteiger partial charge in [0.1, 0.15) is 17.0 Å². The highest BCUT2D eigenvalue weighted by atomic mass is 16.3. The molecule has 3 heteroatoms. The van der Waals surface area contributed by atoms with Crippen molar-refractivity contribution in [2.45, 2.75) is 46.4 Å². The lowest BCUT2D eigenvalue weighted by Gasteiger charge is -2.22. The second-order valence-electron chi connectivity index (χ2n) is 11.4. The molecule has 2 aromatic heterocycles. The molecule has 0 spiro atoms. The van der Waals surface area contributed by atoms with Crippen molar-refractivity contribution in [2.75, 3.05) is 0 Å². The highest BCUT2D eigenvalue weighted by molar-refractivity contribution is 6.12. The fraction of sp³-hybridized carbons (Fsp3) is 0.184. The van der Waals surface area contributed by atoms with Crippen LogP contribution >= 0.6 is 0 Å². The van der Waals surface area contributed by atoms with Crippen LogP contribution in [-0.2, 0) is 0 Å². The molecule has 0 saturated carbocycles. The average molecular weight is 538 g/mol. The van der Waals surface area contributed by atoms with Gasteiger partial charge in [-0.1, -0.05) is 100 Å². The second kappa shape index (κ2) is 9.78. The molecule has 41 heavy (non-hydrogen) atoms. The van der Waals surface area contributed by atoms with Gasteiger partial charge in [-0.2, -0.15) is 0 Å². The van der Waals surface area contributed by atoms with E-state index >= 15 is 0 Å². The van der Waals surface area contributed by atoms with Crippen LogP contribution in [0.3, 0.4) is 0 Å². The lowest BCUT2D eigenvalue weighted by molar-refractivity contribution is 0.669. The number of imidazole rings is 1. The van der Waals surface area contributed by atoms with Gasteiger partial charge in [0.15, 0.2) is 0 Å². The summed E-state index contributed by atoms with van der Waals surface area (Å²) in [5, 5.41) is 1.39. The lowest BCUT2D eigenvalue weighted by atomic mass is 9.92. The Morgan fingerprint density at radius 1 is 0.732 bits per heavy atom. The standard InChI is InChI=1S/C38H34N2O/c1-23(2)28-14-11-15-29(24(3)4)36(28)40-33-17-10-9-16-32(33)39-38(40)31-20-18-25(5)35-30-21-19-27(22-34(30)41-37(31)35)26-12-7-6-8-13-26/h6-24H,1-5H3/i5D3. The smallest absolute Gasteiger partial charge is 0.149 e. The van der Waals surface area contributed by atoms with Gasteiger partial charge in [-0.25, -0.2) is 4.98 Å². The number of furan rings is 1. The molecule has 0 aliphatic rings. The molecule has 0 aliphatic heterocycles. The Morgan fingerprint density at radius 2 is 1.46 bits per heavy atom. The van der Waals surface area contributed by atoms with Crippen LogP contribution in [0.25, 0.3) is 61.2 Å². The van der Waals surface area contributed by atoms with E-state index in [0.29, 0.717) is 16.6 Å². The van der Waals surface area contributed by atoms with Gasteiger partial charge in [0, 0.05) is 14.9 Å². The molecular formula is C38H34N2O. The van der Waals surface area contributed by atoms with Gasteiger partial charge in [-0.05, 0) is 76.8 Å². The van der Waals surface area contributed by atoms with E-state index in [1.165, 1.54) is 11.1 Å². The Labute approximate surface area is 245 Å². The van der Waals surface area contributed by atoms with Gasteiger partial charge >= 0.3 is 0 Å². The molecule has 0 fully saturated rings. The molecule has 202 valence electrons. The summed E-state index contributed by atoms with van der Waals surface area (Å²) in [7, 11) is 0. The van der Waals surface area contributed by atoms with E-state index in [1.807, 2.05) is 60.7 Å². The molecule has 0 aliphatic carbocycles. The van der Waals surface area contributed by atoms with Crippen molar-refractivity contribution in [3.8, 4) is 28.2 Å². The van der Waals surface area contributed by atoms with E-state index < -0.39 is 6.85 Å². The van der Waals surface area contributed by atoms with Crippen molar-refractivity contribution >= 4 is 33.0 Å². The predicted molar refractivity (Wildman–Crippen MR) is 172 cm³/mol. The van der Waals surface area contributed by atoms with Crippen LogP contribution in [0, 0.1) is 6.85 Å². The molecule has 7 rings (SSSR count). The first-order valence-corrected chi connectivity index (χ1v) is 14.3. The first-order chi connectivity index (χ1) is 21.1. The molecular weight excluding hydrogens is 500 g/mol. The molecule has 0 amide bonds. The molecule has 0 bridgehead atoms. The van der Waals surface area contributed by atoms with E-state index in [9.17, 15) is 0 Å². The van der Waals surface area contributed by atoms with Crippen LogP contribution in [-0.4, -0.2) is 9.55 Å². The molecule has 0 saturated heterocycles. The van der Waals surface area contributed by atoms with Crippen LogP contribution in [0.5, 0.6) is 0 Å². The zero-order valence-corrected chi connectivity index (χ0v) is 23.8. The van der Waals surface area contributed by atoms with Crippen molar-refractivity contribution in [3.05, 3.63) is 120 Å². The van der Waals surface area contributed by atoms with Gasteiger partial charge in [0.05, 0.1) is 22.3 Å². The summed E-state index contributed by atoms with van der Waals surface area (Å²) < 4.78 is 34.2. The number of para-hydroxylation sites is 3. The summed E-state index contributed by atoms with van der Waals surface area (Å²) >= 11 is 0. The summed E-state index contributed by atoms with van der Waals surface area (Å²) in [4.78, 5) is 5.20. The normalized spacial score (nSPS) is 13.4. The number of aromatic nitrogens is 2. The third-order valence-electron chi connectivity index (χ3n) is 8.10. The topological polar surface area (TPSA) is 31.0 Å². The number of nitrogens with zero attached hydrogens (tertiary/aromatic N) is 2. The highest BCUT2D eigenvalue weighted by Crippen LogP contribution is 2.42. The van der Waals surface area contributed by atoms with Crippen LogP contribution in [0.1, 0.15) is 60.3 Å². The highest BCUT2D eigenvalue weighted by Gasteiger charge is 2.24. The van der Waals surface area contributed by atoms with Crippen molar-refractivity contribution in [1.82, 2.24) is 9.55 Å². The van der Waals surface area contributed by atoms with Crippen LogP contribution in [0.15, 0.2) is 108 Å². The molecule has 0 radical (unpaired) electrons. The molecule has 3 nitrogen and oxygen atoms in total. The van der Waals surface area contributed by atoms with Crippen molar-refractivity contribution in [1.29, 1.82) is 0 Å². The van der Waals surface area contributed by atoms with Crippen LogP contribution in [0.4, 0.5) is 0 Å². The van der Waals surface area contributed by atoms with Gasteiger partial charge in [-0.3, -0.25) is 4.57 Å². The third kappa shape index (κ3) is 4.07. The number of aryl methyl sites for hydroxylation is 1. The Morgan fingerprint density at radius 3 is 2.20 bits per heavy atom. The number of benzene rings is 5. The molecule has 5 aromatic carbocycles. The van der Waals surface area contributed by atoms with Crippen molar-refractivity contribution in [3.63, 3.8) is 0 Å². The molecule has 0 atom stereocenters. The molecule has 0 N–H and O–H groups in total. The predicted octanol–water partition coefficient (Wildman–Crippen LogP) is 10.8. The quantitative estimate of drug-likeness (QED) is 0.219. The maximum absolute atomic E-state index is 8.41. The summed E-state index contributed by atoms with van der Waals surface area (Å²) in [6.07, 6.45) is 0. The lowest BCUT2D eigenvalue weighted by Crippen LogP contribution is -2.08. The third-order valence-corrected chi connectivity index (χ3v) is 8.10. The zero-order valence-electron chi connectivity index (χ0n) is 26.8. The van der Waals surface area contributed by atoms with E-state index in [1.54, 1.807) is 6.07 Å². The number of fused-ring (bicyclic) bond motifs is 4. The number of hydrogen-bond donors (Lipinski definition) is 0. The van der Waals surface area contributed by atoms with Gasteiger partial charge < -0.3 is 4.42 Å². The summed E-state index contributed by atoms with van der Waals surface area (Å²) in [6, 6.07) is 34.5. The first-order valence-electron chi connectivity index (χ1n) is 15.8. The number of hydrogen-bond acceptors (Lipinski definition) is 2. The molecule has 0 unspecified atom stereocenters. The van der Waals surface area contributed by atoms with Crippen LogP contribution in [0.2, 0.25) is 0 Å². The van der Waals surface area contributed by atoms with Gasteiger partial charge in [-0.15, -0.1) is 0 Å². The summed E-state index contributed by atoms with van der Waals surface area (Å²) in [5.74, 6) is 1.28. The van der Waals surface area contributed by atoms with E-state index in [-0.39, 0.29) is 17.4 Å². The number of rotatable bonds is 5. The minimum atomic E-state index is -2.32. The SMILES string of the molecule is [2H]C([2H])([2H])c1ccc(-c2nc3ccccc3n2-c2c(C(C)C)cccc2C(C)C)c2oc3cc(-c4ccccc4)ccc3c12. The maximum atomic E-state index is 8.41. The van der Waals surface area contributed by atoms with Gasteiger partial charge in [0.2, 0.25) is 0 Å². The Kier molecular flexibility index (Phi) is 5.27.